The molecule has 134 valence electrons. The van der Waals surface area contributed by atoms with Crippen molar-refractivity contribution in [3.63, 3.8) is 0 Å². The summed E-state index contributed by atoms with van der Waals surface area (Å²) >= 11 is 0. The van der Waals surface area contributed by atoms with E-state index in [1.165, 1.54) is 5.56 Å². The van der Waals surface area contributed by atoms with Gasteiger partial charge in [-0.25, -0.2) is 9.97 Å². The van der Waals surface area contributed by atoms with Gasteiger partial charge in [0, 0.05) is 50.4 Å². The van der Waals surface area contributed by atoms with Gasteiger partial charge < -0.3 is 9.80 Å². The predicted octanol–water partition coefficient (Wildman–Crippen LogP) is 1.87. The van der Waals surface area contributed by atoms with Crippen molar-refractivity contribution in [3.8, 4) is 0 Å². The van der Waals surface area contributed by atoms with E-state index in [1.54, 1.807) is 12.4 Å². The second-order valence-corrected chi connectivity index (χ2v) is 6.60. The van der Waals surface area contributed by atoms with Gasteiger partial charge in [-0.05, 0) is 24.6 Å². The molecule has 0 radical (unpaired) electrons. The van der Waals surface area contributed by atoms with E-state index >= 15 is 0 Å². The SMILES string of the molecule is Cc1ccc2cnn(CCC(=O)N3CCN(c4ncccn4)CC3)c2c1. The summed E-state index contributed by atoms with van der Waals surface area (Å²) in [5.41, 5.74) is 2.29. The zero-order chi connectivity index (χ0) is 17.9. The van der Waals surface area contributed by atoms with Gasteiger partial charge in [-0.2, -0.15) is 5.10 Å². The first kappa shape index (κ1) is 16.5. The van der Waals surface area contributed by atoms with Crippen LogP contribution in [0, 0.1) is 6.92 Å². The normalized spacial score (nSPS) is 14.8. The highest BCUT2D eigenvalue weighted by Crippen LogP contribution is 2.16. The van der Waals surface area contributed by atoms with Crippen LogP contribution in [0.15, 0.2) is 42.9 Å². The molecule has 3 heterocycles. The first-order valence-electron chi connectivity index (χ1n) is 8.92. The molecule has 0 saturated carbocycles. The molecule has 7 heteroatoms. The van der Waals surface area contributed by atoms with Crippen LogP contribution < -0.4 is 4.90 Å². The van der Waals surface area contributed by atoms with Crippen LogP contribution in [0.3, 0.4) is 0 Å². The number of benzene rings is 1. The number of piperazine rings is 1. The molecule has 7 nitrogen and oxygen atoms in total. The molecule has 1 fully saturated rings. The van der Waals surface area contributed by atoms with Gasteiger partial charge in [0.15, 0.2) is 0 Å². The molecule has 1 aliphatic rings. The van der Waals surface area contributed by atoms with Crippen molar-refractivity contribution in [2.75, 3.05) is 31.1 Å². The van der Waals surface area contributed by atoms with Crippen molar-refractivity contribution in [1.82, 2.24) is 24.6 Å². The van der Waals surface area contributed by atoms with Gasteiger partial charge in [0.25, 0.3) is 0 Å². The summed E-state index contributed by atoms with van der Waals surface area (Å²) in [6.07, 6.45) is 5.82. The highest BCUT2D eigenvalue weighted by molar-refractivity contribution is 5.80. The molecule has 4 rings (SSSR count). The van der Waals surface area contributed by atoms with Crippen LogP contribution in [0.1, 0.15) is 12.0 Å². The van der Waals surface area contributed by atoms with E-state index in [2.05, 4.69) is 45.1 Å². The molecule has 0 unspecified atom stereocenters. The number of aryl methyl sites for hydroxylation is 2. The lowest BCUT2D eigenvalue weighted by Crippen LogP contribution is -2.49. The lowest BCUT2D eigenvalue weighted by atomic mass is 10.2. The highest BCUT2D eigenvalue weighted by atomic mass is 16.2. The minimum atomic E-state index is 0.176. The van der Waals surface area contributed by atoms with Gasteiger partial charge in [0.1, 0.15) is 0 Å². The number of amides is 1. The Bertz CT molecular complexity index is 899. The summed E-state index contributed by atoms with van der Waals surface area (Å²) in [4.78, 5) is 25.2. The van der Waals surface area contributed by atoms with E-state index in [9.17, 15) is 4.79 Å². The Labute approximate surface area is 152 Å². The van der Waals surface area contributed by atoms with Crippen molar-refractivity contribution in [1.29, 1.82) is 0 Å². The lowest BCUT2D eigenvalue weighted by Gasteiger charge is -2.34. The fourth-order valence-corrected chi connectivity index (χ4v) is 3.33. The minimum Gasteiger partial charge on any atom is -0.339 e. The summed E-state index contributed by atoms with van der Waals surface area (Å²) in [7, 11) is 0. The summed E-state index contributed by atoms with van der Waals surface area (Å²) in [6, 6.07) is 8.07. The Morgan fingerprint density at radius 3 is 2.65 bits per heavy atom. The maximum Gasteiger partial charge on any atom is 0.225 e. The first-order chi connectivity index (χ1) is 12.7. The standard InChI is InChI=1S/C19H22N6O/c1-15-3-4-16-14-22-25(17(16)13-15)8-5-18(26)23-9-11-24(12-10-23)19-20-6-2-7-21-19/h2-4,6-7,13-14H,5,8-12H2,1H3. The molecule has 0 N–H and O–H groups in total. The van der Waals surface area contributed by atoms with Crippen molar-refractivity contribution < 1.29 is 4.79 Å². The molecule has 0 spiro atoms. The molecule has 1 saturated heterocycles. The van der Waals surface area contributed by atoms with Gasteiger partial charge >= 0.3 is 0 Å². The number of aromatic nitrogens is 4. The lowest BCUT2D eigenvalue weighted by molar-refractivity contribution is -0.131. The predicted molar refractivity (Wildman–Crippen MR) is 99.9 cm³/mol. The molecule has 1 amide bonds. The summed E-state index contributed by atoms with van der Waals surface area (Å²) in [5.74, 6) is 0.910. The number of anilines is 1. The molecule has 0 aliphatic carbocycles. The molecule has 0 bridgehead atoms. The van der Waals surface area contributed by atoms with E-state index in [0.29, 0.717) is 26.1 Å². The maximum absolute atomic E-state index is 12.6. The van der Waals surface area contributed by atoms with Crippen LogP contribution >= 0.6 is 0 Å². The monoisotopic (exact) mass is 350 g/mol. The molecule has 26 heavy (non-hydrogen) atoms. The maximum atomic E-state index is 12.6. The number of carbonyl (C=O) groups is 1. The van der Waals surface area contributed by atoms with E-state index in [1.807, 2.05) is 21.8 Å². The zero-order valence-corrected chi connectivity index (χ0v) is 14.9. The summed E-state index contributed by atoms with van der Waals surface area (Å²) < 4.78 is 1.92. The third-order valence-corrected chi connectivity index (χ3v) is 4.81. The van der Waals surface area contributed by atoms with E-state index in [0.717, 1.165) is 29.9 Å². The molecule has 0 atom stereocenters. The Hall–Kier alpha value is -2.96. The fourth-order valence-electron chi connectivity index (χ4n) is 3.33. The average Bonchev–Trinajstić information content (AvgIpc) is 3.09. The molecule has 1 aromatic carbocycles. The van der Waals surface area contributed by atoms with Crippen molar-refractivity contribution in [2.45, 2.75) is 19.9 Å². The largest absolute Gasteiger partial charge is 0.339 e. The third kappa shape index (κ3) is 3.37. The van der Waals surface area contributed by atoms with Crippen LogP contribution in [0.25, 0.3) is 10.9 Å². The number of hydrogen-bond acceptors (Lipinski definition) is 5. The number of carbonyl (C=O) groups excluding carboxylic acids is 1. The van der Waals surface area contributed by atoms with Crippen LogP contribution in [-0.2, 0) is 11.3 Å². The molecular formula is C19H22N6O. The van der Waals surface area contributed by atoms with Gasteiger partial charge in [0.05, 0.1) is 18.3 Å². The molecular weight excluding hydrogens is 328 g/mol. The first-order valence-corrected chi connectivity index (χ1v) is 8.92. The fraction of sp³-hybridized carbons (Fsp3) is 0.368. The summed E-state index contributed by atoms with van der Waals surface area (Å²) in [5, 5.41) is 5.54. The Kier molecular flexibility index (Phi) is 4.51. The van der Waals surface area contributed by atoms with Gasteiger partial charge in [0.2, 0.25) is 11.9 Å². The topological polar surface area (TPSA) is 67.2 Å². The number of fused-ring (bicyclic) bond motifs is 1. The quantitative estimate of drug-likeness (QED) is 0.719. The number of nitrogens with zero attached hydrogens (tertiary/aromatic N) is 6. The second-order valence-electron chi connectivity index (χ2n) is 6.60. The summed E-state index contributed by atoms with van der Waals surface area (Å²) in [6.45, 7) is 5.61. The molecule has 1 aliphatic heterocycles. The Morgan fingerprint density at radius 2 is 1.88 bits per heavy atom. The van der Waals surface area contributed by atoms with Crippen LogP contribution in [0.5, 0.6) is 0 Å². The van der Waals surface area contributed by atoms with Gasteiger partial charge in [-0.15, -0.1) is 0 Å². The van der Waals surface area contributed by atoms with E-state index in [4.69, 9.17) is 0 Å². The van der Waals surface area contributed by atoms with E-state index < -0.39 is 0 Å². The van der Waals surface area contributed by atoms with Crippen LogP contribution in [0.4, 0.5) is 5.95 Å². The molecule has 3 aromatic rings. The number of hydrogen-bond donors (Lipinski definition) is 0. The zero-order valence-electron chi connectivity index (χ0n) is 14.9. The van der Waals surface area contributed by atoms with Crippen molar-refractivity contribution in [2.24, 2.45) is 0 Å². The highest BCUT2D eigenvalue weighted by Gasteiger charge is 2.22. The Morgan fingerprint density at radius 1 is 1.12 bits per heavy atom. The average molecular weight is 350 g/mol. The number of rotatable bonds is 4. The van der Waals surface area contributed by atoms with E-state index in [-0.39, 0.29) is 5.91 Å². The molecule has 2 aromatic heterocycles. The van der Waals surface area contributed by atoms with Crippen LogP contribution in [-0.4, -0.2) is 56.7 Å². The van der Waals surface area contributed by atoms with Gasteiger partial charge in [-0.3, -0.25) is 9.48 Å². The minimum absolute atomic E-state index is 0.176. The smallest absolute Gasteiger partial charge is 0.225 e. The second kappa shape index (κ2) is 7.11. The van der Waals surface area contributed by atoms with Crippen molar-refractivity contribution >= 4 is 22.8 Å². The van der Waals surface area contributed by atoms with Crippen molar-refractivity contribution in [3.05, 3.63) is 48.4 Å². The Balaban J connectivity index is 1.33. The third-order valence-electron chi connectivity index (χ3n) is 4.81. The van der Waals surface area contributed by atoms with Gasteiger partial charge in [-0.1, -0.05) is 12.1 Å². The van der Waals surface area contributed by atoms with Crippen LogP contribution in [0.2, 0.25) is 0 Å².